The van der Waals surface area contributed by atoms with Gasteiger partial charge < -0.3 is 20.1 Å². The molecule has 0 saturated heterocycles. The Hall–Kier alpha value is -2.76. The first kappa shape index (κ1) is 19.0. The van der Waals surface area contributed by atoms with Gasteiger partial charge in [-0.05, 0) is 30.9 Å². The monoisotopic (exact) mass is 367 g/mol. The van der Waals surface area contributed by atoms with Crippen molar-refractivity contribution in [3.8, 4) is 0 Å². The second-order valence-corrected chi connectivity index (χ2v) is 6.55. The molecule has 6 heteroatoms. The van der Waals surface area contributed by atoms with E-state index in [4.69, 9.17) is 4.52 Å². The molecule has 0 radical (unpaired) electrons. The van der Waals surface area contributed by atoms with Crippen LogP contribution in [0.3, 0.4) is 0 Å². The summed E-state index contributed by atoms with van der Waals surface area (Å²) in [6.45, 7) is 5.72. The van der Waals surface area contributed by atoms with E-state index in [0.717, 1.165) is 55.2 Å². The molecule has 0 bridgehead atoms. The number of aliphatic imine (C=N–C) groups is 1. The maximum Gasteiger partial charge on any atom is 0.191 e. The van der Waals surface area contributed by atoms with Crippen LogP contribution in [0, 0.1) is 0 Å². The number of fused-ring (bicyclic) bond motifs is 1. The standard InChI is InChI=1S/C21H29N5O/c1-4-18-17(20(5-2)27-26-18)14-25-21(22-3)23-12-8-9-15-13-24-19-11-7-6-10-16(15)19/h6-7,10-11,13,24H,4-5,8-9,12,14H2,1-3H3,(H2,22,23,25). The van der Waals surface area contributed by atoms with Crippen LogP contribution in [-0.4, -0.2) is 29.7 Å². The summed E-state index contributed by atoms with van der Waals surface area (Å²) in [5, 5.41) is 12.2. The highest BCUT2D eigenvalue weighted by atomic mass is 16.5. The number of H-pyrrole nitrogens is 1. The van der Waals surface area contributed by atoms with Crippen molar-refractivity contribution >= 4 is 16.9 Å². The normalized spacial score (nSPS) is 11.9. The van der Waals surface area contributed by atoms with Crippen molar-refractivity contribution in [1.82, 2.24) is 20.8 Å². The van der Waals surface area contributed by atoms with Gasteiger partial charge in [0.1, 0.15) is 5.76 Å². The number of hydrogen-bond acceptors (Lipinski definition) is 3. The molecule has 0 atom stereocenters. The zero-order valence-corrected chi connectivity index (χ0v) is 16.4. The molecule has 0 aliphatic carbocycles. The number of rotatable bonds is 8. The maximum atomic E-state index is 5.42. The molecule has 0 aliphatic heterocycles. The SMILES string of the molecule is CCc1noc(CC)c1CNC(=NC)NCCCc1c[nH]c2ccccc12. The molecule has 27 heavy (non-hydrogen) atoms. The molecule has 0 saturated carbocycles. The Kier molecular flexibility index (Phi) is 6.52. The summed E-state index contributed by atoms with van der Waals surface area (Å²) >= 11 is 0. The van der Waals surface area contributed by atoms with E-state index >= 15 is 0 Å². The number of hydrogen-bond donors (Lipinski definition) is 3. The zero-order valence-electron chi connectivity index (χ0n) is 16.4. The number of aromatic amines is 1. The highest BCUT2D eigenvalue weighted by Crippen LogP contribution is 2.18. The van der Waals surface area contributed by atoms with Crippen LogP contribution in [-0.2, 0) is 25.8 Å². The van der Waals surface area contributed by atoms with Gasteiger partial charge in [-0.3, -0.25) is 4.99 Å². The largest absolute Gasteiger partial charge is 0.361 e. The van der Waals surface area contributed by atoms with E-state index in [1.807, 2.05) is 0 Å². The maximum absolute atomic E-state index is 5.42. The van der Waals surface area contributed by atoms with Gasteiger partial charge in [-0.15, -0.1) is 0 Å². The van der Waals surface area contributed by atoms with E-state index in [1.54, 1.807) is 7.05 Å². The topological polar surface area (TPSA) is 78.2 Å². The van der Waals surface area contributed by atoms with Gasteiger partial charge in [0.25, 0.3) is 0 Å². The van der Waals surface area contributed by atoms with Crippen molar-refractivity contribution in [3.05, 3.63) is 53.0 Å². The lowest BCUT2D eigenvalue weighted by Gasteiger charge is -2.12. The summed E-state index contributed by atoms with van der Waals surface area (Å²) < 4.78 is 5.42. The molecular weight excluding hydrogens is 338 g/mol. The summed E-state index contributed by atoms with van der Waals surface area (Å²) in [5.41, 5.74) is 4.74. The lowest BCUT2D eigenvalue weighted by molar-refractivity contribution is 0.380. The molecule has 0 spiro atoms. The summed E-state index contributed by atoms with van der Waals surface area (Å²) in [7, 11) is 1.80. The molecule has 1 aromatic carbocycles. The second kappa shape index (κ2) is 9.26. The van der Waals surface area contributed by atoms with Gasteiger partial charge in [0.2, 0.25) is 0 Å². The lowest BCUT2D eigenvalue weighted by Crippen LogP contribution is -2.37. The zero-order chi connectivity index (χ0) is 19.1. The summed E-state index contributed by atoms with van der Waals surface area (Å²) in [4.78, 5) is 7.66. The molecule has 0 amide bonds. The summed E-state index contributed by atoms with van der Waals surface area (Å²) in [6, 6.07) is 8.43. The smallest absolute Gasteiger partial charge is 0.191 e. The minimum Gasteiger partial charge on any atom is -0.361 e. The fraction of sp³-hybridized carbons (Fsp3) is 0.429. The predicted molar refractivity (Wildman–Crippen MR) is 110 cm³/mol. The van der Waals surface area contributed by atoms with E-state index in [1.165, 1.54) is 16.5 Å². The fourth-order valence-corrected chi connectivity index (χ4v) is 3.35. The predicted octanol–water partition coefficient (Wildman–Crippen LogP) is 3.58. The quantitative estimate of drug-likeness (QED) is 0.323. The van der Waals surface area contributed by atoms with Crippen LogP contribution >= 0.6 is 0 Å². The molecular formula is C21H29N5O. The van der Waals surface area contributed by atoms with Gasteiger partial charge >= 0.3 is 0 Å². The first-order chi connectivity index (χ1) is 13.3. The highest BCUT2D eigenvalue weighted by Gasteiger charge is 2.13. The van der Waals surface area contributed by atoms with Crippen molar-refractivity contribution in [2.45, 2.75) is 46.1 Å². The second-order valence-electron chi connectivity index (χ2n) is 6.55. The van der Waals surface area contributed by atoms with Crippen molar-refractivity contribution in [2.24, 2.45) is 4.99 Å². The molecule has 144 valence electrons. The Balaban J connectivity index is 1.48. The number of guanidine groups is 1. The van der Waals surface area contributed by atoms with Crippen LogP contribution in [0.15, 0.2) is 40.0 Å². The van der Waals surface area contributed by atoms with Gasteiger partial charge in [0.05, 0.1) is 5.69 Å². The Morgan fingerprint density at radius 1 is 1.19 bits per heavy atom. The number of nitrogens with zero attached hydrogens (tertiary/aromatic N) is 2. The van der Waals surface area contributed by atoms with E-state index in [-0.39, 0.29) is 0 Å². The first-order valence-corrected chi connectivity index (χ1v) is 9.72. The van der Waals surface area contributed by atoms with Crippen LogP contribution < -0.4 is 10.6 Å². The van der Waals surface area contributed by atoms with Crippen molar-refractivity contribution in [3.63, 3.8) is 0 Å². The molecule has 0 fully saturated rings. The van der Waals surface area contributed by atoms with Gasteiger partial charge in [0.15, 0.2) is 5.96 Å². The van der Waals surface area contributed by atoms with E-state index < -0.39 is 0 Å². The van der Waals surface area contributed by atoms with Crippen LogP contribution in [0.1, 0.15) is 42.8 Å². The third-order valence-electron chi connectivity index (χ3n) is 4.85. The molecule has 0 unspecified atom stereocenters. The van der Waals surface area contributed by atoms with E-state index in [0.29, 0.717) is 6.54 Å². The van der Waals surface area contributed by atoms with Gasteiger partial charge in [-0.25, -0.2) is 0 Å². The third-order valence-corrected chi connectivity index (χ3v) is 4.85. The molecule has 3 N–H and O–H groups in total. The average Bonchev–Trinajstić information content (AvgIpc) is 3.30. The number of nitrogens with one attached hydrogen (secondary N) is 3. The van der Waals surface area contributed by atoms with Crippen LogP contribution in [0.25, 0.3) is 10.9 Å². The van der Waals surface area contributed by atoms with Crippen molar-refractivity contribution in [1.29, 1.82) is 0 Å². The minimum absolute atomic E-state index is 0.679. The first-order valence-electron chi connectivity index (χ1n) is 9.72. The molecule has 2 aromatic heterocycles. The van der Waals surface area contributed by atoms with Crippen molar-refractivity contribution in [2.75, 3.05) is 13.6 Å². The van der Waals surface area contributed by atoms with Crippen LogP contribution in [0.2, 0.25) is 0 Å². The van der Waals surface area contributed by atoms with Gasteiger partial charge in [-0.1, -0.05) is 37.2 Å². The van der Waals surface area contributed by atoms with Crippen molar-refractivity contribution < 1.29 is 4.52 Å². The number of aryl methyl sites for hydroxylation is 3. The van der Waals surface area contributed by atoms with E-state index in [2.05, 4.69) is 70.1 Å². The number of para-hydroxylation sites is 1. The lowest BCUT2D eigenvalue weighted by atomic mass is 10.1. The number of benzene rings is 1. The van der Waals surface area contributed by atoms with E-state index in [9.17, 15) is 0 Å². The third kappa shape index (κ3) is 4.51. The summed E-state index contributed by atoms with van der Waals surface area (Å²) in [5.74, 6) is 1.76. The minimum atomic E-state index is 0.679. The Morgan fingerprint density at radius 3 is 2.81 bits per heavy atom. The Bertz CT molecular complexity index is 872. The molecule has 0 aliphatic rings. The summed E-state index contributed by atoms with van der Waals surface area (Å²) in [6.07, 6.45) is 5.90. The van der Waals surface area contributed by atoms with Gasteiger partial charge in [0, 0.05) is 49.2 Å². The highest BCUT2D eigenvalue weighted by molar-refractivity contribution is 5.83. The molecule has 3 aromatic rings. The van der Waals surface area contributed by atoms with Crippen LogP contribution in [0.5, 0.6) is 0 Å². The number of aromatic nitrogens is 2. The van der Waals surface area contributed by atoms with Gasteiger partial charge in [-0.2, -0.15) is 0 Å². The Labute approximate surface area is 160 Å². The molecule has 3 rings (SSSR count). The molecule has 6 nitrogen and oxygen atoms in total. The Morgan fingerprint density at radius 2 is 2.04 bits per heavy atom. The molecule has 2 heterocycles. The average molecular weight is 367 g/mol. The van der Waals surface area contributed by atoms with Crippen LogP contribution in [0.4, 0.5) is 0 Å². The fourth-order valence-electron chi connectivity index (χ4n) is 3.35.